The topological polar surface area (TPSA) is 140 Å². The van der Waals surface area contributed by atoms with Crippen LogP contribution in [0.15, 0.2) is 0 Å². The van der Waals surface area contributed by atoms with E-state index >= 15 is 0 Å². The fourth-order valence-corrected chi connectivity index (χ4v) is 2.16. The van der Waals surface area contributed by atoms with E-state index in [1.54, 1.807) is 0 Å². The molecule has 0 fully saturated rings. The number of aliphatic carboxylic acids is 1. The Kier molecular flexibility index (Phi) is 27.5. The second-order valence-corrected chi connectivity index (χ2v) is 6.47. The second-order valence-electron chi connectivity index (χ2n) is 6.47. The highest BCUT2D eigenvalue weighted by atomic mass is 16.6. The summed E-state index contributed by atoms with van der Waals surface area (Å²) in [7, 11) is 0. The first-order valence-corrected chi connectivity index (χ1v) is 11.3. The number of hydrogen-bond donors (Lipinski definition) is 2. The van der Waals surface area contributed by atoms with E-state index < -0.39 is 5.97 Å². The number of nitrogens with one attached hydrogen (secondary N) is 1. The highest BCUT2D eigenvalue weighted by Gasteiger charge is 1.97. The van der Waals surface area contributed by atoms with Crippen molar-refractivity contribution in [1.82, 2.24) is 5.32 Å². The van der Waals surface area contributed by atoms with Crippen molar-refractivity contribution in [1.29, 1.82) is 0 Å². The maximum Gasteiger partial charge on any atom is 0.303 e. The molecule has 2 N–H and O–H groups in total. The Morgan fingerprint density at radius 3 is 1.15 bits per heavy atom. The number of carbonyl (C=O) groups is 2. The highest BCUT2D eigenvalue weighted by Crippen LogP contribution is 1.90. The van der Waals surface area contributed by atoms with Crippen molar-refractivity contribution in [2.24, 2.45) is 0 Å². The van der Waals surface area contributed by atoms with Crippen LogP contribution in [0.25, 0.3) is 0 Å². The zero-order chi connectivity index (χ0) is 24.1. The van der Waals surface area contributed by atoms with Crippen LogP contribution < -0.4 is 5.32 Å². The minimum Gasteiger partial charge on any atom is -0.481 e. The molecule has 0 aromatic heterocycles. The van der Waals surface area contributed by atoms with Gasteiger partial charge in [0.1, 0.15) is 0 Å². The predicted octanol–water partition coefficient (Wildman–Crippen LogP) is -0.270. The van der Waals surface area contributed by atoms with E-state index in [1.165, 1.54) is 0 Å². The van der Waals surface area contributed by atoms with Gasteiger partial charge in [0.25, 0.3) is 0 Å². The van der Waals surface area contributed by atoms with Crippen LogP contribution in [0.1, 0.15) is 12.8 Å². The van der Waals surface area contributed by atoms with Crippen molar-refractivity contribution in [2.75, 3.05) is 112 Å². The molecule has 0 aromatic rings. The second kappa shape index (κ2) is 28.7. The van der Waals surface area contributed by atoms with Gasteiger partial charge in [-0.1, -0.05) is 0 Å². The summed E-state index contributed by atoms with van der Waals surface area (Å²) in [5.41, 5.74) is 0. The first kappa shape index (κ1) is 31.6. The van der Waals surface area contributed by atoms with E-state index in [1.807, 2.05) is 0 Å². The van der Waals surface area contributed by atoms with Gasteiger partial charge in [0, 0.05) is 19.6 Å². The van der Waals surface area contributed by atoms with Gasteiger partial charge < -0.3 is 48.3 Å². The fourth-order valence-electron chi connectivity index (χ4n) is 2.16. The van der Waals surface area contributed by atoms with Crippen LogP contribution in [0.5, 0.6) is 0 Å². The Morgan fingerprint density at radius 2 is 0.848 bits per heavy atom. The maximum atomic E-state index is 10.3. The first-order chi connectivity index (χ1) is 16.3. The summed E-state index contributed by atoms with van der Waals surface area (Å²) < 4.78 is 42.7. The van der Waals surface area contributed by atoms with E-state index in [0.29, 0.717) is 125 Å². The average Bonchev–Trinajstić information content (AvgIpc) is 2.80. The van der Waals surface area contributed by atoms with Crippen LogP contribution in [0, 0.1) is 0 Å². The Labute approximate surface area is 196 Å². The lowest BCUT2D eigenvalue weighted by atomic mass is 10.3. The molecule has 0 heterocycles. The molecule has 0 rings (SSSR count). The molecule has 1 amide bonds. The number of ether oxygens (including phenoxy) is 8. The lowest BCUT2D eigenvalue weighted by Gasteiger charge is -2.08. The third-order valence-electron chi connectivity index (χ3n) is 3.76. The van der Waals surface area contributed by atoms with E-state index in [4.69, 9.17) is 43.0 Å². The van der Waals surface area contributed by atoms with Gasteiger partial charge in [-0.05, 0) is 6.42 Å². The van der Waals surface area contributed by atoms with E-state index in [0.717, 1.165) is 0 Å². The molecule has 0 bridgehead atoms. The summed E-state index contributed by atoms with van der Waals surface area (Å²) in [6.07, 6.45) is 1.27. The normalized spacial score (nSPS) is 11.0. The third kappa shape index (κ3) is 30.6. The first-order valence-electron chi connectivity index (χ1n) is 11.3. The number of rotatable bonds is 29. The monoisotopic (exact) mass is 483 g/mol. The molecule has 0 aliphatic carbocycles. The molecule has 0 saturated heterocycles. The van der Waals surface area contributed by atoms with Crippen LogP contribution in [0.3, 0.4) is 0 Å². The largest absolute Gasteiger partial charge is 0.481 e. The summed E-state index contributed by atoms with van der Waals surface area (Å²) in [5, 5.41) is 11.0. The third-order valence-corrected chi connectivity index (χ3v) is 3.76. The summed E-state index contributed by atoms with van der Waals surface area (Å²) in [6, 6.07) is 0. The van der Waals surface area contributed by atoms with Crippen LogP contribution in [0.2, 0.25) is 0 Å². The molecular weight excluding hydrogens is 442 g/mol. The average molecular weight is 484 g/mol. The molecule has 33 heavy (non-hydrogen) atoms. The molecule has 196 valence electrons. The molecule has 12 nitrogen and oxygen atoms in total. The summed E-state index contributed by atoms with van der Waals surface area (Å²) in [5.74, 6) is -0.812. The van der Waals surface area contributed by atoms with Crippen molar-refractivity contribution >= 4 is 12.4 Å². The van der Waals surface area contributed by atoms with Crippen LogP contribution >= 0.6 is 0 Å². The molecule has 0 spiro atoms. The van der Waals surface area contributed by atoms with Gasteiger partial charge in [0.2, 0.25) is 6.41 Å². The quantitative estimate of drug-likeness (QED) is 0.107. The van der Waals surface area contributed by atoms with E-state index in [9.17, 15) is 9.59 Å². The Balaban J connectivity index is 3.01. The van der Waals surface area contributed by atoms with Crippen molar-refractivity contribution in [2.45, 2.75) is 12.8 Å². The predicted molar refractivity (Wildman–Crippen MR) is 117 cm³/mol. The molecule has 0 saturated carbocycles. The Morgan fingerprint density at radius 1 is 0.545 bits per heavy atom. The summed E-state index contributed by atoms with van der Waals surface area (Å²) >= 11 is 0. The maximum absolute atomic E-state index is 10.3. The van der Waals surface area contributed by atoms with Gasteiger partial charge in [-0.2, -0.15) is 0 Å². The molecule has 0 radical (unpaired) electrons. The number of amides is 1. The van der Waals surface area contributed by atoms with Gasteiger partial charge in [-0.3, -0.25) is 9.59 Å². The van der Waals surface area contributed by atoms with E-state index in [2.05, 4.69) is 5.32 Å². The SMILES string of the molecule is O=CNCCOCCOCCOCCOCCOCCOCCOCCOCCCC(=O)O. The Bertz CT molecular complexity index is 416. The van der Waals surface area contributed by atoms with Gasteiger partial charge in [0.05, 0.1) is 99.1 Å². The van der Waals surface area contributed by atoms with Gasteiger partial charge >= 0.3 is 5.97 Å². The molecular formula is C21H41NO11. The van der Waals surface area contributed by atoms with Crippen LogP contribution in [-0.4, -0.2) is 130 Å². The van der Waals surface area contributed by atoms with Crippen molar-refractivity contribution < 1.29 is 52.6 Å². The molecule has 0 aromatic carbocycles. The Hall–Kier alpha value is -1.38. The minimum atomic E-state index is -0.812. The summed E-state index contributed by atoms with van der Waals surface area (Å²) in [4.78, 5) is 20.3. The highest BCUT2D eigenvalue weighted by molar-refractivity contribution is 5.66. The lowest BCUT2D eigenvalue weighted by molar-refractivity contribution is -0.137. The smallest absolute Gasteiger partial charge is 0.303 e. The standard InChI is InChI=1S/C21H41NO11/c23-20-22-3-5-27-7-9-29-11-13-31-15-17-33-19-18-32-16-14-30-12-10-28-8-6-26-4-1-2-21(24)25/h20H,1-19H2,(H,22,23)(H,24,25). The lowest BCUT2D eigenvalue weighted by Crippen LogP contribution is -2.19. The number of carboxylic acid groups (broad SMARTS) is 1. The minimum absolute atomic E-state index is 0.121. The zero-order valence-electron chi connectivity index (χ0n) is 19.5. The van der Waals surface area contributed by atoms with Crippen molar-refractivity contribution in [3.8, 4) is 0 Å². The van der Waals surface area contributed by atoms with E-state index in [-0.39, 0.29) is 6.42 Å². The van der Waals surface area contributed by atoms with Gasteiger partial charge in [-0.15, -0.1) is 0 Å². The fraction of sp³-hybridized carbons (Fsp3) is 0.905. The van der Waals surface area contributed by atoms with Crippen LogP contribution in [-0.2, 0) is 47.5 Å². The number of carboxylic acids is 1. The van der Waals surface area contributed by atoms with Crippen molar-refractivity contribution in [3.05, 3.63) is 0 Å². The number of hydrogen-bond acceptors (Lipinski definition) is 10. The van der Waals surface area contributed by atoms with Crippen molar-refractivity contribution in [3.63, 3.8) is 0 Å². The molecule has 0 unspecified atom stereocenters. The molecule has 0 aliphatic heterocycles. The van der Waals surface area contributed by atoms with Gasteiger partial charge in [-0.25, -0.2) is 0 Å². The molecule has 12 heteroatoms. The molecule has 0 aliphatic rings. The number of carbonyl (C=O) groups excluding carboxylic acids is 1. The molecule has 0 atom stereocenters. The summed E-state index contributed by atoms with van der Waals surface area (Å²) in [6.45, 7) is 8.15. The zero-order valence-corrected chi connectivity index (χ0v) is 19.5. The van der Waals surface area contributed by atoms with Crippen LogP contribution in [0.4, 0.5) is 0 Å². The van der Waals surface area contributed by atoms with Gasteiger partial charge in [0.15, 0.2) is 0 Å².